The molecule has 1 fully saturated rings. The molecule has 118 valence electrons. The first kappa shape index (κ1) is 16.2. The number of thioether (sulfide) groups is 1. The van der Waals surface area contributed by atoms with Gasteiger partial charge in [-0.15, -0.1) is 0 Å². The molecule has 0 aliphatic carbocycles. The first-order valence-corrected chi connectivity index (χ1v) is 8.30. The summed E-state index contributed by atoms with van der Waals surface area (Å²) in [7, 11) is 0. The van der Waals surface area contributed by atoms with Crippen molar-refractivity contribution in [3.63, 3.8) is 0 Å². The van der Waals surface area contributed by atoms with Crippen LogP contribution >= 0.6 is 11.8 Å². The smallest absolute Gasteiger partial charge is 0.191 e. The first-order chi connectivity index (χ1) is 9.94. The standard InChI is InChI=1S/C14H24N4O2S/c1-14(2,3)19-10-12-8-11(17-20-12)9-16-13(15)18-4-6-21-7-5-18/h8H,4-7,9-10H2,1-3H3,(H2,15,16). The van der Waals surface area contributed by atoms with Crippen molar-refractivity contribution >= 4 is 17.7 Å². The van der Waals surface area contributed by atoms with Crippen molar-refractivity contribution < 1.29 is 9.26 Å². The minimum atomic E-state index is -0.193. The lowest BCUT2D eigenvalue weighted by Gasteiger charge is -2.27. The average Bonchev–Trinajstić information content (AvgIpc) is 2.91. The van der Waals surface area contributed by atoms with E-state index in [1.165, 1.54) is 0 Å². The molecule has 0 saturated carbocycles. The van der Waals surface area contributed by atoms with Gasteiger partial charge in [0, 0.05) is 30.7 Å². The van der Waals surface area contributed by atoms with Crippen LogP contribution in [0, 0.1) is 0 Å². The molecule has 1 aromatic rings. The van der Waals surface area contributed by atoms with Crippen LogP contribution in [0.5, 0.6) is 0 Å². The Balaban J connectivity index is 1.84. The monoisotopic (exact) mass is 312 g/mol. The van der Waals surface area contributed by atoms with Gasteiger partial charge in [-0.25, -0.2) is 4.99 Å². The molecular weight excluding hydrogens is 288 g/mol. The molecule has 1 aromatic heterocycles. The molecule has 1 saturated heterocycles. The highest BCUT2D eigenvalue weighted by molar-refractivity contribution is 7.99. The van der Waals surface area contributed by atoms with Crippen molar-refractivity contribution in [1.82, 2.24) is 10.1 Å². The molecule has 1 aliphatic heterocycles. The van der Waals surface area contributed by atoms with Gasteiger partial charge in [0.25, 0.3) is 0 Å². The molecule has 0 unspecified atom stereocenters. The predicted molar refractivity (Wildman–Crippen MR) is 85.3 cm³/mol. The molecule has 6 nitrogen and oxygen atoms in total. The Bertz CT molecular complexity index is 476. The van der Waals surface area contributed by atoms with E-state index in [0.29, 0.717) is 24.9 Å². The van der Waals surface area contributed by atoms with Crippen molar-refractivity contribution in [3.8, 4) is 0 Å². The van der Waals surface area contributed by atoms with Gasteiger partial charge >= 0.3 is 0 Å². The molecule has 2 N–H and O–H groups in total. The van der Waals surface area contributed by atoms with E-state index in [9.17, 15) is 0 Å². The summed E-state index contributed by atoms with van der Waals surface area (Å²) in [5.74, 6) is 3.51. The van der Waals surface area contributed by atoms with E-state index in [4.69, 9.17) is 15.0 Å². The minimum Gasteiger partial charge on any atom is -0.370 e. The highest BCUT2D eigenvalue weighted by Gasteiger charge is 2.14. The largest absolute Gasteiger partial charge is 0.370 e. The van der Waals surface area contributed by atoms with Gasteiger partial charge in [0.15, 0.2) is 11.7 Å². The van der Waals surface area contributed by atoms with Crippen LogP contribution in [0.2, 0.25) is 0 Å². The normalized spacial score (nSPS) is 17.3. The molecule has 2 rings (SSSR count). The summed E-state index contributed by atoms with van der Waals surface area (Å²) in [5.41, 5.74) is 6.58. The third-order valence-electron chi connectivity index (χ3n) is 2.99. The number of hydrogen-bond donors (Lipinski definition) is 1. The maximum atomic E-state index is 6.00. The van der Waals surface area contributed by atoms with E-state index in [1.54, 1.807) is 0 Å². The van der Waals surface area contributed by atoms with Gasteiger partial charge in [0.05, 0.1) is 12.1 Å². The fraction of sp³-hybridized carbons (Fsp3) is 0.714. The van der Waals surface area contributed by atoms with Gasteiger partial charge in [0.1, 0.15) is 12.3 Å². The Morgan fingerprint density at radius 3 is 2.86 bits per heavy atom. The highest BCUT2D eigenvalue weighted by atomic mass is 32.2. The van der Waals surface area contributed by atoms with Crippen LogP contribution in [0.1, 0.15) is 32.2 Å². The van der Waals surface area contributed by atoms with Gasteiger partial charge in [-0.3, -0.25) is 0 Å². The highest BCUT2D eigenvalue weighted by Crippen LogP contribution is 2.13. The van der Waals surface area contributed by atoms with Crippen LogP contribution in [0.15, 0.2) is 15.6 Å². The summed E-state index contributed by atoms with van der Waals surface area (Å²) in [4.78, 5) is 6.50. The van der Waals surface area contributed by atoms with Crippen LogP contribution in [-0.2, 0) is 17.9 Å². The zero-order valence-corrected chi connectivity index (χ0v) is 13.8. The van der Waals surface area contributed by atoms with Crippen molar-refractivity contribution in [2.45, 2.75) is 39.5 Å². The molecule has 7 heteroatoms. The van der Waals surface area contributed by atoms with Crippen LogP contribution in [0.25, 0.3) is 0 Å². The summed E-state index contributed by atoms with van der Waals surface area (Å²) in [6.07, 6.45) is 0. The zero-order chi connectivity index (χ0) is 15.3. The molecule has 0 amide bonds. The third-order valence-corrected chi connectivity index (χ3v) is 3.94. The van der Waals surface area contributed by atoms with Crippen molar-refractivity contribution in [3.05, 3.63) is 17.5 Å². The van der Waals surface area contributed by atoms with E-state index >= 15 is 0 Å². The molecule has 0 spiro atoms. The molecule has 0 radical (unpaired) electrons. The van der Waals surface area contributed by atoms with Crippen LogP contribution in [-0.4, -0.2) is 46.2 Å². The number of aliphatic imine (C=N–C) groups is 1. The van der Waals surface area contributed by atoms with Crippen molar-refractivity contribution in [1.29, 1.82) is 0 Å². The molecule has 21 heavy (non-hydrogen) atoms. The van der Waals surface area contributed by atoms with Gasteiger partial charge in [-0.2, -0.15) is 11.8 Å². The average molecular weight is 312 g/mol. The van der Waals surface area contributed by atoms with Crippen LogP contribution < -0.4 is 5.73 Å². The van der Waals surface area contributed by atoms with Crippen molar-refractivity contribution in [2.75, 3.05) is 24.6 Å². The Morgan fingerprint density at radius 2 is 2.19 bits per heavy atom. The quantitative estimate of drug-likeness (QED) is 0.675. The molecular formula is C14H24N4O2S. The maximum absolute atomic E-state index is 6.00. The summed E-state index contributed by atoms with van der Waals surface area (Å²) in [6, 6.07) is 1.87. The van der Waals surface area contributed by atoms with E-state index in [2.05, 4.69) is 15.0 Å². The minimum absolute atomic E-state index is 0.193. The van der Waals surface area contributed by atoms with Crippen LogP contribution in [0.4, 0.5) is 0 Å². The topological polar surface area (TPSA) is 76.9 Å². The molecule has 0 bridgehead atoms. The molecule has 2 heterocycles. The number of hydrogen-bond acceptors (Lipinski definition) is 5. The number of nitrogens with zero attached hydrogens (tertiary/aromatic N) is 3. The van der Waals surface area contributed by atoms with E-state index in [0.717, 1.165) is 30.3 Å². The second kappa shape index (κ2) is 7.17. The molecule has 1 aliphatic rings. The van der Waals surface area contributed by atoms with Crippen molar-refractivity contribution in [2.24, 2.45) is 10.7 Å². The number of ether oxygens (including phenoxy) is 1. The van der Waals surface area contributed by atoms with E-state index in [-0.39, 0.29) is 5.60 Å². The van der Waals surface area contributed by atoms with Gasteiger partial charge in [0.2, 0.25) is 0 Å². The molecule has 0 atom stereocenters. The molecule has 0 aromatic carbocycles. The summed E-state index contributed by atoms with van der Waals surface area (Å²) in [5, 5.41) is 3.99. The number of guanidine groups is 1. The number of nitrogens with two attached hydrogens (primary N) is 1. The number of aromatic nitrogens is 1. The third kappa shape index (κ3) is 5.59. The van der Waals surface area contributed by atoms with Gasteiger partial charge < -0.3 is 19.9 Å². The second-order valence-electron chi connectivity index (χ2n) is 5.96. The second-order valence-corrected chi connectivity index (χ2v) is 7.18. The lowest BCUT2D eigenvalue weighted by atomic mass is 10.2. The lowest BCUT2D eigenvalue weighted by Crippen LogP contribution is -2.42. The Morgan fingerprint density at radius 1 is 1.48 bits per heavy atom. The summed E-state index contributed by atoms with van der Waals surface area (Å²) < 4.78 is 10.9. The SMILES string of the molecule is CC(C)(C)OCc1cc(CN=C(N)N2CCSCC2)no1. The number of rotatable bonds is 4. The van der Waals surface area contributed by atoms with E-state index in [1.807, 2.05) is 38.6 Å². The summed E-state index contributed by atoms with van der Waals surface area (Å²) >= 11 is 1.95. The van der Waals surface area contributed by atoms with Gasteiger partial charge in [-0.1, -0.05) is 5.16 Å². The van der Waals surface area contributed by atoms with Gasteiger partial charge in [-0.05, 0) is 20.8 Å². The Kier molecular flexibility index (Phi) is 5.52. The first-order valence-electron chi connectivity index (χ1n) is 7.15. The fourth-order valence-electron chi connectivity index (χ4n) is 1.84. The fourth-order valence-corrected chi connectivity index (χ4v) is 2.74. The van der Waals surface area contributed by atoms with Crippen LogP contribution in [0.3, 0.4) is 0 Å². The predicted octanol–water partition coefficient (Wildman–Crippen LogP) is 1.85. The Labute approximate surface area is 130 Å². The zero-order valence-electron chi connectivity index (χ0n) is 13.0. The lowest BCUT2D eigenvalue weighted by molar-refractivity contribution is -0.0241. The van der Waals surface area contributed by atoms with E-state index < -0.39 is 0 Å². The Hall–Kier alpha value is -1.21. The maximum Gasteiger partial charge on any atom is 0.191 e. The summed E-state index contributed by atoms with van der Waals surface area (Å²) in [6.45, 7) is 8.80.